The Kier molecular flexibility index (Phi) is 6.84. The molecule has 0 saturated carbocycles. The summed E-state index contributed by atoms with van der Waals surface area (Å²) in [5.41, 5.74) is 7.68. The second-order valence-electron chi connectivity index (χ2n) is 7.65. The van der Waals surface area contributed by atoms with E-state index in [1.807, 2.05) is 51.0 Å². The van der Waals surface area contributed by atoms with Gasteiger partial charge in [0.25, 0.3) is 5.91 Å². The predicted molar refractivity (Wildman–Crippen MR) is 117 cm³/mol. The Balaban J connectivity index is 1.77. The highest BCUT2D eigenvalue weighted by molar-refractivity contribution is 6.27. The number of aromatic amines is 1. The molecule has 7 nitrogen and oxygen atoms in total. The minimum Gasteiger partial charge on any atom is -0.461 e. The van der Waals surface area contributed by atoms with Crippen LogP contribution in [0.25, 0.3) is 6.08 Å². The molecule has 1 aromatic carbocycles. The number of amides is 1. The largest absolute Gasteiger partial charge is 0.461 e. The molecular formula is C23H28N4O3. The number of rotatable bonds is 8. The van der Waals surface area contributed by atoms with E-state index in [0.29, 0.717) is 42.1 Å². The predicted octanol–water partition coefficient (Wildman–Crippen LogP) is 2.85. The van der Waals surface area contributed by atoms with Crippen molar-refractivity contribution in [2.45, 2.75) is 26.7 Å². The number of hydrazone groups is 1. The maximum atomic E-state index is 12.5. The molecule has 0 aliphatic carbocycles. The van der Waals surface area contributed by atoms with Gasteiger partial charge in [0, 0.05) is 17.9 Å². The van der Waals surface area contributed by atoms with Crippen molar-refractivity contribution in [1.82, 2.24) is 15.3 Å². The van der Waals surface area contributed by atoms with Gasteiger partial charge >= 0.3 is 5.97 Å². The lowest BCUT2D eigenvalue weighted by atomic mass is 10.0. The summed E-state index contributed by atoms with van der Waals surface area (Å²) in [5, 5.41) is 4.20. The minimum atomic E-state index is -0.360. The molecule has 1 aliphatic rings. The number of likely N-dealkylation sites (N-methyl/N-ethyl adjacent to an activating group) is 1. The summed E-state index contributed by atoms with van der Waals surface area (Å²) in [4.78, 5) is 30.0. The summed E-state index contributed by atoms with van der Waals surface area (Å²) in [7, 11) is 3.85. The van der Waals surface area contributed by atoms with Crippen LogP contribution in [0.3, 0.4) is 0 Å². The SMILES string of the molecule is Cc1[nH]c(/C=C2/C(=O)NN=C2CCc2ccccc2)c(C)c1C(=O)OCCN(C)C. The lowest BCUT2D eigenvalue weighted by Crippen LogP contribution is -2.20. The standard InChI is InChI=1S/C23H28N4O3/c1-15-20(24-16(2)21(15)23(29)30-13-12-27(3)4)14-18-19(25-26-22(18)28)11-10-17-8-6-5-7-9-17/h5-9,14,24H,10-13H2,1-4H3,(H,26,28)/b18-14+. The molecule has 158 valence electrons. The van der Waals surface area contributed by atoms with E-state index < -0.39 is 0 Å². The van der Waals surface area contributed by atoms with Crippen molar-refractivity contribution < 1.29 is 14.3 Å². The first-order valence-corrected chi connectivity index (χ1v) is 10.0. The maximum Gasteiger partial charge on any atom is 0.340 e. The van der Waals surface area contributed by atoms with Crippen LogP contribution in [0.5, 0.6) is 0 Å². The van der Waals surface area contributed by atoms with E-state index in [1.54, 1.807) is 6.08 Å². The van der Waals surface area contributed by atoms with E-state index in [2.05, 4.69) is 27.6 Å². The van der Waals surface area contributed by atoms with Gasteiger partial charge in [-0.15, -0.1) is 0 Å². The smallest absolute Gasteiger partial charge is 0.340 e. The highest BCUT2D eigenvalue weighted by Gasteiger charge is 2.25. The van der Waals surface area contributed by atoms with Gasteiger partial charge in [0.1, 0.15) is 6.61 Å². The van der Waals surface area contributed by atoms with E-state index >= 15 is 0 Å². The van der Waals surface area contributed by atoms with Gasteiger partial charge in [0.05, 0.1) is 16.8 Å². The number of carbonyl (C=O) groups is 2. The molecule has 1 amide bonds. The fraction of sp³-hybridized carbons (Fsp3) is 0.348. The summed E-state index contributed by atoms with van der Waals surface area (Å²) in [6.45, 7) is 4.67. The van der Waals surface area contributed by atoms with E-state index in [1.165, 1.54) is 5.56 Å². The molecule has 3 rings (SSSR count). The Morgan fingerprint density at radius 3 is 2.60 bits per heavy atom. The van der Waals surface area contributed by atoms with Gasteiger partial charge in [0.15, 0.2) is 0 Å². The van der Waals surface area contributed by atoms with Gasteiger partial charge in [-0.2, -0.15) is 5.10 Å². The van der Waals surface area contributed by atoms with Gasteiger partial charge in [-0.05, 0) is 58.0 Å². The Bertz CT molecular complexity index is 987. The number of nitrogens with one attached hydrogen (secondary N) is 2. The summed E-state index contributed by atoms with van der Waals surface area (Å²) in [5.74, 6) is -0.596. The molecule has 0 saturated heterocycles. The van der Waals surface area contributed by atoms with Crippen LogP contribution in [0.1, 0.15) is 39.3 Å². The molecule has 2 N–H and O–H groups in total. The van der Waals surface area contributed by atoms with Crippen LogP contribution in [0.4, 0.5) is 0 Å². The van der Waals surface area contributed by atoms with E-state index in [4.69, 9.17) is 4.74 Å². The van der Waals surface area contributed by atoms with Gasteiger partial charge in [-0.3, -0.25) is 4.79 Å². The molecule has 0 bridgehead atoms. The zero-order valence-electron chi connectivity index (χ0n) is 17.9. The number of H-pyrrole nitrogens is 1. The first kappa shape index (κ1) is 21.5. The number of aryl methyl sites for hydroxylation is 2. The summed E-state index contributed by atoms with van der Waals surface area (Å²) < 4.78 is 5.39. The second-order valence-corrected chi connectivity index (χ2v) is 7.65. The summed E-state index contributed by atoms with van der Waals surface area (Å²) in [6, 6.07) is 10.1. The number of aromatic nitrogens is 1. The highest BCUT2D eigenvalue weighted by atomic mass is 16.5. The van der Waals surface area contributed by atoms with Gasteiger partial charge < -0.3 is 14.6 Å². The van der Waals surface area contributed by atoms with Crippen molar-refractivity contribution in [3.05, 3.63) is 64.0 Å². The highest BCUT2D eigenvalue weighted by Crippen LogP contribution is 2.23. The molecule has 2 heterocycles. The van der Waals surface area contributed by atoms with Gasteiger partial charge in [-0.1, -0.05) is 30.3 Å². The van der Waals surface area contributed by atoms with Crippen LogP contribution < -0.4 is 5.43 Å². The normalized spacial score (nSPS) is 14.9. The third-order valence-corrected chi connectivity index (χ3v) is 5.08. The van der Waals surface area contributed by atoms with Crippen LogP contribution in [-0.2, 0) is 16.0 Å². The molecule has 0 radical (unpaired) electrons. The van der Waals surface area contributed by atoms with Crippen LogP contribution in [0, 0.1) is 13.8 Å². The Hall–Kier alpha value is -3.19. The molecule has 0 spiro atoms. The first-order chi connectivity index (χ1) is 14.4. The number of nitrogens with zero attached hydrogens (tertiary/aromatic N) is 2. The summed E-state index contributed by atoms with van der Waals surface area (Å²) >= 11 is 0. The molecule has 7 heteroatoms. The van der Waals surface area contributed by atoms with Crippen molar-refractivity contribution in [1.29, 1.82) is 0 Å². The van der Waals surface area contributed by atoms with Crippen LogP contribution >= 0.6 is 0 Å². The molecule has 0 unspecified atom stereocenters. The van der Waals surface area contributed by atoms with Crippen molar-refractivity contribution >= 4 is 23.7 Å². The maximum absolute atomic E-state index is 12.5. The van der Waals surface area contributed by atoms with Crippen LogP contribution in [-0.4, -0.2) is 54.7 Å². The van der Waals surface area contributed by atoms with Crippen LogP contribution in [0.15, 0.2) is 41.0 Å². The second kappa shape index (κ2) is 9.54. The number of hydrogen-bond acceptors (Lipinski definition) is 5. The number of hydrogen-bond donors (Lipinski definition) is 2. The van der Waals surface area contributed by atoms with Crippen LogP contribution in [0.2, 0.25) is 0 Å². The van der Waals surface area contributed by atoms with E-state index in [-0.39, 0.29) is 11.9 Å². The van der Waals surface area contributed by atoms with Crippen molar-refractivity contribution in [3.8, 4) is 0 Å². The number of ether oxygens (including phenoxy) is 1. The van der Waals surface area contributed by atoms with E-state index in [9.17, 15) is 9.59 Å². The molecule has 30 heavy (non-hydrogen) atoms. The van der Waals surface area contributed by atoms with Gasteiger partial charge in [-0.25, -0.2) is 10.2 Å². The number of esters is 1. The van der Waals surface area contributed by atoms with Crippen molar-refractivity contribution in [3.63, 3.8) is 0 Å². The quantitative estimate of drug-likeness (QED) is 0.519. The van der Waals surface area contributed by atoms with Crippen molar-refractivity contribution in [2.24, 2.45) is 5.10 Å². The Morgan fingerprint density at radius 2 is 1.90 bits per heavy atom. The zero-order valence-corrected chi connectivity index (χ0v) is 17.9. The number of carbonyl (C=O) groups excluding carboxylic acids is 2. The first-order valence-electron chi connectivity index (χ1n) is 10.0. The summed E-state index contributed by atoms with van der Waals surface area (Å²) in [6.07, 6.45) is 3.20. The lowest BCUT2D eigenvalue weighted by molar-refractivity contribution is -0.116. The van der Waals surface area contributed by atoms with E-state index in [0.717, 1.165) is 17.7 Å². The third-order valence-electron chi connectivity index (χ3n) is 5.08. The molecular weight excluding hydrogens is 380 g/mol. The fourth-order valence-corrected chi connectivity index (χ4v) is 3.38. The average molecular weight is 409 g/mol. The fourth-order valence-electron chi connectivity index (χ4n) is 3.38. The molecule has 2 aromatic rings. The third kappa shape index (κ3) is 5.04. The lowest BCUT2D eigenvalue weighted by Gasteiger charge is -2.10. The molecule has 1 aliphatic heterocycles. The monoisotopic (exact) mass is 408 g/mol. The molecule has 0 fully saturated rings. The molecule has 0 atom stereocenters. The molecule has 1 aromatic heterocycles. The Morgan fingerprint density at radius 1 is 1.17 bits per heavy atom. The Labute approximate surface area is 176 Å². The topological polar surface area (TPSA) is 86.8 Å². The minimum absolute atomic E-state index is 0.236. The van der Waals surface area contributed by atoms with Crippen molar-refractivity contribution in [2.75, 3.05) is 27.2 Å². The zero-order chi connectivity index (χ0) is 21.7. The van der Waals surface area contributed by atoms with Gasteiger partial charge in [0.2, 0.25) is 0 Å². The average Bonchev–Trinajstić information content (AvgIpc) is 3.20. The number of benzene rings is 1.